The predicted molar refractivity (Wildman–Crippen MR) is 56.5 cm³/mol. The summed E-state index contributed by atoms with van der Waals surface area (Å²) in [4.78, 5) is 19.3. The van der Waals surface area contributed by atoms with E-state index in [0.717, 1.165) is 0 Å². The van der Waals surface area contributed by atoms with Crippen LogP contribution >= 0.6 is 11.3 Å². The fourth-order valence-corrected chi connectivity index (χ4v) is 1.74. The lowest BCUT2D eigenvalue weighted by Crippen LogP contribution is -2.20. The van der Waals surface area contributed by atoms with Crippen LogP contribution in [0.15, 0.2) is 12.1 Å². The number of hydrogen-bond donors (Lipinski definition) is 2. The number of aromatic nitrogens is 2. The predicted octanol–water partition coefficient (Wildman–Crippen LogP) is 0.138. The van der Waals surface area contributed by atoms with Crippen molar-refractivity contribution in [3.05, 3.63) is 12.1 Å². The van der Waals surface area contributed by atoms with E-state index in [-0.39, 0.29) is 6.61 Å². The van der Waals surface area contributed by atoms with Crippen molar-refractivity contribution in [2.45, 2.75) is 0 Å². The first-order chi connectivity index (χ1) is 7.15. The molecule has 0 spiro atoms. The van der Waals surface area contributed by atoms with Gasteiger partial charge in [-0.1, -0.05) is 11.3 Å². The van der Waals surface area contributed by atoms with Gasteiger partial charge in [0.2, 0.25) is 5.88 Å². The van der Waals surface area contributed by atoms with Crippen LogP contribution in [-0.4, -0.2) is 22.5 Å². The molecule has 0 unspecified atom stereocenters. The van der Waals surface area contributed by atoms with Crippen LogP contribution in [0.1, 0.15) is 0 Å². The fourth-order valence-electron chi connectivity index (χ4n) is 1.04. The Labute approximate surface area is 88.9 Å². The minimum Gasteiger partial charge on any atom is -0.468 e. The molecule has 0 aliphatic rings. The SMILES string of the molecule is NC(=O)COc1ccc2nc(N)sc2n1. The average Bonchev–Trinajstić information content (AvgIpc) is 2.53. The van der Waals surface area contributed by atoms with Gasteiger partial charge in [0, 0.05) is 6.07 Å². The van der Waals surface area contributed by atoms with Crippen LogP contribution in [0, 0.1) is 0 Å². The van der Waals surface area contributed by atoms with Crippen molar-refractivity contribution < 1.29 is 9.53 Å². The molecule has 7 heteroatoms. The van der Waals surface area contributed by atoms with Gasteiger partial charge in [0.15, 0.2) is 11.7 Å². The summed E-state index contributed by atoms with van der Waals surface area (Å²) in [5.74, 6) is -0.203. The van der Waals surface area contributed by atoms with E-state index in [1.54, 1.807) is 12.1 Å². The van der Waals surface area contributed by atoms with Crippen LogP contribution < -0.4 is 16.2 Å². The molecule has 0 aromatic carbocycles. The molecular weight excluding hydrogens is 216 g/mol. The van der Waals surface area contributed by atoms with Gasteiger partial charge in [0.1, 0.15) is 10.3 Å². The number of anilines is 1. The molecule has 0 fully saturated rings. The molecule has 2 aromatic rings. The van der Waals surface area contributed by atoms with Gasteiger partial charge in [-0.15, -0.1) is 0 Å². The third kappa shape index (κ3) is 2.13. The van der Waals surface area contributed by atoms with E-state index < -0.39 is 5.91 Å². The van der Waals surface area contributed by atoms with Crippen LogP contribution in [0.2, 0.25) is 0 Å². The highest BCUT2D eigenvalue weighted by molar-refractivity contribution is 7.21. The lowest BCUT2D eigenvalue weighted by Gasteiger charge is -2.00. The highest BCUT2D eigenvalue weighted by Gasteiger charge is 2.05. The van der Waals surface area contributed by atoms with Gasteiger partial charge in [0.25, 0.3) is 5.91 Å². The maximum absolute atomic E-state index is 10.5. The van der Waals surface area contributed by atoms with Crippen LogP contribution in [0.5, 0.6) is 5.88 Å². The Balaban J connectivity index is 2.26. The van der Waals surface area contributed by atoms with E-state index in [2.05, 4.69) is 9.97 Å². The number of fused-ring (bicyclic) bond motifs is 1. The number of nitrogen functional groups attached to an aromatic ring is 1. The molecule has 0 aliphatic heterocycles. The highest BCUT2D eigenvalue weighted by Crippen LogP contribution is 2.23. The van der Waals surface area contributed by atoms with Gasteiger partial charge < -0.3 is 16.2 Å². The Hall–Kier alpha value is -1.89. The van der Waals surface area contributed by atoms with Gasteiger partial charge >= 0.3 is 0 Å². The first-order valence-corrected chi connectivity index (χ1v) is 4.91. The van der Waals surface area contributed by atoms with Crippen molar-refractivity contribution in [3.8, 4) is 5.88 Å². The molecule has 6 nitrogen and oxygen atoms in total. The van der Waals surface area contributed by atoms with E-state index in [9.17, 15) is 4.79 Å². The molecular formula is C8H8N4O2S. The smallest absolute Gasteiger partial charge is 0.255 e. The number of amides is 1. The van der Waals surface area contributed by atoms with Crippen molar-refractivity contribution >= 4 is 32.7 Å². The second-order valence-corrected chi connectivity index (χ2v) is 3.79. The van der Waals surface area contributed by atoms with E-state index in [1.165, 1.54) is 11.3 Å². The molecule has 2 rings (SSSR count). The molecule has 0 saturated carbocycles. The zero-order valence-corrected chi connectivity index (χ0v) is 8.45. The summed E-state index contributed by atoms with van der Waals surface area (Å²) >= 11 is 1.26. The summed E-state index contributed by atoms with van der Waals surface area (Å²) in [5, 5.41) is 0.449. The van der Waals surface area contributed by atoms with E-state index in [0.29, 0.717) is 21.4 Å². The first kappa shape index (κ1) is 9.66. The molecule has 2 aromatic heterocycles. The first-order valence-electron chi connectivity index (χ1n) is 4.09. The standard InChI is InChI=1S/C8H8N4O2S/c9-5(13)3-14-6-2-1-4-7(12-6)15-8(10)11-4/h1-2H,3H2,(H2,9,13)(H2,10,11). The van der Waals surface area contributed by atoms with Gasteiger partial charge in [-0.2, -0.15) is 0 Å². The number of pyridine rings is 1. The number of hydrogen-bond acceptors (Lipinski definition) is 6. The maximum atomic E-state index is 10.5. The minimum absolute atomic E-state index is 0.188. The van der Waals surface area contributed by atoms with Gasteiger partial charge in [0.05, 0.1) is 0 Å². The Kier molecular flexibility index (Phi) is 2.38. The van der Waals surface area contributed by atoms with Crippen LogP contribution in [-0.2, 0) is 4.79 Å². The van der Waals surface area contributed by atoms with Crippen molar-refractivity contribution in [1.82, 2.24) is 9.97 Å². The second kappa shape index (κ2) is 3.70. The third-order valence-corrected chi connectivity index (χ3v) is 2.40. The van der Waals surface area contributed by atoms with Crippen molar-refractivity contribution in [1.29, 1.82) is 0 Å². The van der Waals surface area contributed by atoms with Crippen LogP contribution in [0.4, 0.5) is 5.13 Å². The Morgan fingerprint density at radius 2 is 2.27 bits per heavy atom. The summed E-state index contributed by atoms with van der Waals surface area (Å²) < 4.78 is 5.04. The number of nitrogens with two attached hydrogens (primary N) is 2. The quantitative estimate of drug-likeness (QED) is 0.771. The highest BCUT2D eigenvalue weighted by atomic mass is 32.1. The fraction of sp³-hybridized carbons (Fsp3) is 0.125. The van der Waals surface area contributed by atoms with Crippen molar-refractivity contribution in [2.75, 3.05) is 12.3 Å². The molecule has 0 saturated heterocycles. The number of primary amides is 1. The second-order valence-electron chi connectivity index (χ2n) is 2.78. The Morgan fingerprint density at radius 1 is 1.47 bits per heavy atom. The molecule has 1 amide bonds. The van der Waals surface area contributed by atoms with E-state index in [4.69, 9.17) is 16.2 Å². The molecule has 15 heavy (non-hydrogen) atoms. The summed E-state index contributed by atoms with van der Waals surface area (Å²) in [6.45, 7) is -0.188. The molecule has 0 atom stereocenters. The third-order valence-electron chi connectivity index (χ3n) is 1.61. The molecule has 2 heterocycles. The van der Waals surface area contributed by atoms with Crippen LogP contribution in [0.3, 0.4) is 0 Å². The lowest BCUT2D eigenvalue weighted by molar-refractivity contribution is -0.120. The Bertz CT molecular complexity index is 510. The Morgan fingerprint density at radius 3 is 3.00 bits per heavy atom. The number of carbonyl (C=O) groups is 1. The van der Waals surface area contributed by atoms with Crippen molar-refractivity contribution in [2.24, 2.45) is 5.73 Å². The summed E-state index contributed by atoms with van der Waals surface area (Å²) in [6, 6.07) is 3.34. The summed E-state index contributed by atoms with van der Waals surface area (Å²) in [6.07, 6.45) is 0. The lowest BCUT2D eigenvalue weighted by atomic mass is 10.4. The maximum Gasteiger partial charge on any atom is 0.255 e. The number of ether oxygens (including phenoxy) is 1. The van der Waals surface area contributed by atoms with E-state index in [1.807, 2.05) is 0 Å². The zero-order valence-electron chi connectivity index (χ0n) is 7.64. The molecule has 0 radical (unpaired) electrons. The minimum atomic E-state index is -0.541. The summed E-state index contributed by atoms with van der Waals surface area (Å²) in [5.41, 5.74) is 11.2. The monoisotopic (exact) mass is 224 g/mol. The zero-order chi connectivity index (χ0) is 10.8. The largest absolute Gasteiger partial charge is 0.468 e. The average molecular weight is 224 g/mol. The molecule has 4 N–H and O–H groups in total. The summed E-state index contributed by atoms with van der Waals surface area (Å²) in [7, 11) is 0. The number of rotatable bonds is 3. The normalized spacial score (nSPS) is 10.4. The molecule has 0 bridgehead atoms. The number of thiazole rings is 1. The van der Waals surface area contributed by atoms with Gasteiger partial charge in [-0.05, 0) is 6.07 Å². The molecule has 0 aliphatic carbocycles. The van der Waals surface area contributed by atoms with Gasteiger partial charge in [-0.3, -0.25) is 4.79 Å². The molecule has 78 valence electrons. The number of nitrogens with zero attached hydrogens (tertiary/aromatic N) is 2. The topological polar surface area (TPSA) is 104 Å². The van der Waals surface area contributed by atoms with Gasteiger partial charge in [-0.25, -0.2) is 9.97 Å². The number of carbonyl (C=O) groups excluding carboxylic acids is 1. The van der Waals surface area contributed by atoms with E-state index >= 15 is 0 Å². The van der Waals surface area contributed by atoms with Crippen molar-refractivity contribution in [3.63, 3.8) is 0 Å². The van der Waals surface area contributed by atoms with Crippen LogP contribution in [0.25, 0.3) is 10.3 Å².